The minimum atomic E-state index is -3.13. The van der Waals surface area contributed by atoms with Crippen molar-refractivity contribution in [2.45, 2.75) is 37.6 Å². The monoisotopic (exact) mass is 316 g/mol. The van der Waals surface area contributed by atoms with Crippen LogP contribution in [-0.2, 0) is 10.0 Å². The Morgan fingerprint density at radius 2 is 2.05 bits per heavy atom. The van der Waals surface area contributed by atoms with Gasteiger partial charge in [-0.1, -0.05) is 11.3 Å². The van der Waals surface area contributed by atoms with Crippen molar-refractivity contribution < 1.29 is 8.42 Å². The first-order valence-corrected chi connectivity index (χ1v) is 9.63. The summed E-state index contributed by atoms with van der Waals surface area (Å²) in [5.74, 6) is 0.625. The summed E-state index contributed by atoms with van der Waals surface area (Å²) in [6.45, 7) is 1.65. The molecule has 0 amide bonds. The summed E-state index contributed by atoms with van der Waals surface area (Å²) in [5, 5.41) is 10.6. The molecule has 0 bridgehead atoms. The van der Waals surface area contributed by atoms with Gasteiger partial charge < -0.3 is 4.90 Å². The second-order valence-corrected chi connectivity index (χ2v) is 8.75. The summed E-state index contributed by atoms with van der Waals surface area (Å²) >= 11 is 1.67. The number of hydrogen-bond acceptors (Lipinski definition) is 6. The highest BCUT2D eigenvalue weighted by Gasteiger charge is 2.31. The van der Waals surface area contributed by atoms with Crippen LogP contribution < -0.4 is 4.90 Å². The van der Waals surface area contributed by atoms with E-state index in [1.807, 2.05) is 0 Å². The number of sulfonamides is 1. The zero-order valence-corrected chi connectivity index (χ0v) is 13.5. The maximum atomic E-state index is 11.7. The van der Waals surface area contributed by atoms with Gasteiger partial charge in [0.15, 0.2) is 0 Å². The van der Waals surface area contributed by atoms with Crippen LogP contribution in [0.15, 0.2) is 0 Å². The van der Waals surface area contributed by atoms with Gasteiger partial charge in [-0.05, 0) is 25.7 Å². The average molecular weight is 316 g/mol. The van der Waals surface area contributed by atoms with Crippen molar-refractivity contribution in [1.82, 2.24) is 14.5 Å². The fraction of sp³-hybridized carbons (Fsp3) is 0.833. The smallest absolute Gasteiger partial charge is 0.211 e. The van der Waals surface area contributed by atoms with Crippen LogP contribution in [0, 0.1) is 0 Å². The number of likely N-dealkylation sites (N-methyl/N-ethyl adjacent to an activating group) is 1. The molecule has 1 aromatic heterocycles. The summed E-state index contributed by atoms with van der Waals surface area (Å²) in [6.07, 6.45) is 5.63. The Bertz CT molecular complexity index is 582. The highest BCUT2D eigenvalue weighted by Crippen LogP contribution is 2.42. The predicted molar refractivity (Wildman–Crippen MR) is 79.7 cm³/mol. The third-order valence-electron chi connectivity index (χ3n) is 4.06. The van der Waals surface area contributed by atoms with Gasteiger partial charge in [-0.15, -0.1) is 10.2 Å². The number of aromatic nitrogens is 2. The van der Waals surface area contributed by atoms with Crippen molar-refractivity contribution in [3.8, 4) is 0 Å². The van der Waals surface area contributed by atoms with E-state index in [1.54, 1.807) is 18.4 Å². The lowest BCUT2D eigenvalue weighted by atomic mass is 10.1. The van der Waals surface area contributed by atoms with Crippen molar-refractivity contribution >= 4 is 26.5 Å². The molecule has 1 aliphatic heterocycles. The molecule has 0 radical (unpaired) electrons. The van der Waals surface area contributed by atoms with E-state index in [-0.39, 0.29) is 6.04 Å². The van der Waals surface area contributed by atoms with Gasteiger partial charge in [0.1, 0.15) is 5.01 Å². The molecular weight excluding hydrogens is 296 g/mol. The highest BCUT2D eigenvalue weighted by molar-refractivity contribution is 7.88. The van der Waals surface area contributed by atoms with E-state index in [4.69, 9.17) is 0 Å². The van der Waals surface area contributed by atoms with E-state index < -0.39 is 10.0 Å². The second-order valence-electron chi connectivity index (χ2n) is 5.72. The van der Waals surface area contributed by atoms with Crippen molar-refractivity contribution in [2.24, 2.45) is 0 Å². The molecule has 112 valence electrons. The largest absolute Gasteiger partial charge is 0.345 e. The molecular formula is C12H20N4O2S2. The van der Waals surface area contributed by atoms with Gasteiger partial charge in [-0.3, -0.25) is 0 Å². The van der Waals surface area contributed by atoms with Crippen LogP contribution in [0.5, 0.6) is 0 Å². The Morgan fingerprint density at radius 1 is 1.30 bits per heavy atom. The van der Waals surface area contributed by atoms with Gasteiger partial charge in [-0.2, -0.15) is 0 Å². The molecule has 1 saturated heterocycles. The lowest BCUT2D eigenvalue weighted by Crippen LogP contribution is -2.48. The Labute approximate surface area is 123 Å². The van der Waals surface area contributed by atoms with E-state index >= 15 is 0 Å². The minimum absolute atomic E-state index is 0.0343. The van der Waals surface area contributed by atoms with Crippen molar-refractivity contribution in [3.05, 3.63) is 5.01 Å². The van der Waals surface area contributed by atoms with Gasteiger partial charge >= 0.3 is 0 Å². The summed E-state index contributed by atoms with van der Waals surface area (Å²) < 4.78 is 24.8. The van der Waals surface area contributed by atoms with Crippen molar-refractivity contribution in [1.29, 1.82) is 0 Å². The molecule has 1 atom stereocenters. The Hall–Kier alpha value is -0.730. The van der Waals surface area contributed by atoms with Crippen LogP contribution in [0.1, 0.15) is 36.6 Å². The number of nitrogens with zero attached hydrogens (tertiary/aromatic N) is 4. The fourth-order valence-electron chi connectivity index (χ4n) is 2.55. The van der Waals surface area contributed by atoms with E-state index in [0.29, 0.717) is 12.5 Å². The first-order chi connectivity index (χ1) is 9.45. The van der Waals surface area contributed by atoms with E-state index in [1.165, 1.54) is 23.4 Å². The Kier molecular flexibility index (Phi) is 3.72. The zero-order chi connectivity index (χ0) is 14.3. The number of rotatable bonds is 4. The van der Waals surface area contributed by atoms with Crippen LogP contribution in [0.4, 0.5) is 5.13 Å². The Balaban J connectivity index is 1.70. The normalized spacial score (nSPS) is 24.4. The average Bonchev–Trinajstić information content (AvgIpc) is 3.15. The minimum Gasteiger partial charge on any atom is -0.345 e. The van der Waals surface area contributed by atoms with Gasteiger partial charge in [0.05, 0.1) is 6.26 Å². The SMILES string of the molecule is CN(C1CCCN(c2nnc(C3CC3)s2)C1)S(C)(=O)=O. The number of piperidine rings is 1. The van der Waals surface area contributed by atoms with Gasteiger partial charge in [0.2, 0.25) is 15.2 Å². The maximum absolute atomic E-state index is 11.7. The molecule has 20 heavy (non-hydrogen) atoms. The molecule has 2 heterocycles. The lowest BCUT2D eigenvalue weighted by Gasteiger charge is -2.36. The predicted octanol–water partition coefficient (Wildman–Crippen LogP) is 1.28. The Morgan fingerprint density at radius 3 is 2.70 bits per heavy atom. The highest BCUT2D eigenvalue weighted by atomic mass is 32.2. The van der Waals surface area contributed by atoms with Crippen molar-refractivity contribution in [2.75, 3.05) is 31.3 Å². The third-order valence-corrected chi connectivity index (χ3v) is 6.55. The van der Waals surface area contributed by atoms with Gasteiger partial charge in [-0.25, -0.2) is 12.7 Å². The molecule has 1 saturated carbocycles. The molecule has 6 nitrogen and oxygen atoms in total. The fourth-order valence-corrected chi connectivity index (χ4v) is 4.31. The number of anilines is 1. The first-order valence-electron chi connectivity index (χ1n) is 6.96. The van der Waals surface area contributed by atoms with Crippen LogP contribution >= 0.6 is 11.3 Å². The maximum Gasteiger partial charge on any atom is 0.211 e. The van der Waals surface area contributed by atoms with Crippen molar-refractivity contribution in [3.63, 3.8) is 0 Å². The van der Waals surface area contributed by atoms with Crippen LogP contribution in [0.2, 0.25) is 0 Å². The molecule has 8 heteroatoms. The second kappa shape index (κ2) is 5.23. The van der Waals surface area contributed by atoms with E-state index in [2.05, 4.69) is 15.1 Å². The quantitative estimate of drug-likeness (QED) is 0.837. The zero-order valence-electron chi connectivity index (χ0n) is 11.8. The van der Waals surface area contributed by atoms with Crippen LogP contribution in [0.3, 0.4) is 0 Å². The summed E-state index contributed by atoms with van der Waals surface area (Å²) in [5.41, 5.74) is 0. The van der Waals surface area contributed by atoms with Crippen LogP contribution in [0.25, 0.3) is 0 Å². The molecule has 0 spiro atoms. The lowest BCUT2D eigenvalue weighted by molar-refractivity contribution is 0.322. The molecule has 2 fully saturated rings. The van der Waals surface area contributed by atoms with Crippen LogP contribution in [-0.4, -0.2) is 55.4 Å². The topological polar surface area (TPSA) is 66.4 Å². The molecule has 0 N–H and O–H groups in total. The van der Waals surface area contributed by atoms with E-state index in [9.17, 15) is 8.42 Å². The molecule has 0 aromatic carbocycles. The van der Waals surface area contributed by atoms with Gasteiger partial charge in [0.25, 0.3) is 0 Å². The molecule has 1 unspecified atom stereocenters. The molecule has 1 aromatic rings. The number of hydrogen-bond donors (Lipinski definition) is 0. The third kappa shape index (κ3) is 2.96. The van der Waals surface area contributed by atoms with Gasteiger partial charge in [0, 0.05) is 32.1 Å². The summed E-state index contributed by atoms with van der Waals surface area (Å²) in [6, 6.07) is 0.0343. The summed E-state index contributed by atoms with van der Waals surface area (Å²) in [7, 11) is -1.47. The molecule has 3 rings (SSSR count). The van der Waals surface area contributed by atoms with E-state index in [0.717, 1.165) is 29.5 Å². The molecule has 2 aliphatic rings. The first kappa shape index (κ1) is 14.2. The molecule has 1 aliphatic carbocycles. The standard InChI is InChI=1S/C12H20N4O2S2/c1-15(20(2,17)18)10-4-3-7-16(8-10)12-14-13-11(19-12)9-5-6-9/h9-10H,3-8H2,1-2H3. The summed E-state index contributed by atoms with van der Waals surface area (Å²) in [4.78, 5) is 2.18.